The van der Waals surface area contributed by atoms with Gasteiger partial charge in [0.1, 0.15) is 5.82 Å². The Labute approximate surface area is 149 Å². The number of ether oxygens (including phenoxy) is 1. The highest BCUT2D eigenvalue weighted by atomic mass is 35.5. The molecule has 0 aromatic carbocycles. The first-order valence-corrected chi connectivity index (χ1v) is 8.51. The Morgan fingerprint density at radius 1 is 1.46 bits per heavy atom. The molecule has 2 aliphatic heterocycles. The van der Waals surface area contributed by atoms with Crippen molar-refractivity contribution in [2.75, 3.05) is 37.7 Å². The van der Waals surface area contributed by atoms with Crippen LogP contribution in [0.1, 0.15) is 25.3 Å². The SMILES string of the molecule is C[C@H]1C[C@@H](C(=O)NCc2ccnc(N3CCOCC3)c2)CCN1.Cl. The number of nitrogens with zero attached hydrogens (tertiary/aromatic N) is 2. The number of carbonyl (C=O) groups is 1. The molecule has 0 unspecified atom stereocenters. The minimum absolute atomic E-state index is 0. The number of hydrogen-bond donors (Lipinski definition) is 2. The van der Waals surface area contributed by atoms with Gasteiger partial charge in [0.15, 0.2) is 0 Å². The summed E-state index contributed by atoms with van der Waals surface area (Å²) in [7, 11) is 0. The summed E-state index contributed by atoms with van der Waals surface area (Å²) in [5.74, 6) is 1.27. The van der Waals surface area contributed by atoms with Crippen molar-refractivity contribution >= 4 is 24.1 Å². The Morgan fingerprint density at radius 3 is 3.00 bits per heavy atom. The van der Waals surface area contributed by atoms with Crippen molar-refractivity contribution < 1.29 is 9.53 Å². The number of piperidine rings is 1. The third-order valence-corrected chi connectivity index (χ3v) is 4.61. The molecule has 3 rings (SSSR count). The minimum Gasteiger partial charge on any atom is -0.378 e. The van der Waals surface area contributed by atoms with Gasteiger partial charge in [-0.05, 0) is 44.0 Å². The van der Waals surface area contributed by atoms with E-state index in [0.29, 0.717) is 12.6 Å². The average molecular weight is 355 g/mol. The monoisotopic (exact) mass is 354 g/mol. The van der Waals surface area contributed by atoms with Crippen LogP contribution < -0.4 is 15.5 Å². The van der Waals surface area contributed by atoms with E-state index >= 15 is 0 Å². The van der Waals surface area contributed by atoms with E-state index in [-0.39, 0.29) is 24.2 Å². The number of amides is 1. The number of morpholine rings is 1. The fourth-order valence-electron chi connectivity index (χ4n) is 3.24. The third kappa shape index (κ3) is 5.06. The van der Waals surface area contributed by atoms with Crippen LogP contribution in [0.5, 0.6) is 0 Å². The number of hydrogen-bond acceptors (Lipinski definition) is 5. The zero-order valence-electron chi connectivity index (χ0n) is 14.2. The predicted molar refractivity (Wildman–Crippen MR) is 96.6 cm³/mol. The lowest BCUT2D eigenvalue weighted by Gasteiger charge is -2.28. The molecule has 6 nitrogen and oxygen atoms in total. The lowest BCUT2D eigenvalue weighted by Crippen LogP contribution is -2.42. The molecule has 2 atom stereocenters. The van der Waals surface area contributed by atoms with Gasteiger partial charge in [-0.2, -0.15) is 0 Å². The van der Waals surface area contributed by atoms with Gasteiger partial charge in [-0.1, -0.05) is 0 Å². The lowest BCUT2D eigenvalue weighted by atomic mass is 9.92. The Balaban J connectivity index is 0.00000208. The summed E-state index contributed by atoms with van der Waals surface area (Å²) in [5.41, 5.74) is 1.09. The molecule has 1 aromatic heterocycles. The van der Waals surface area contributed by atoms with Crippen LogP contribution in [0.25, 0.3) is 0 Å². The second-order valence-electron chi connectivity index (χ2n) is 6.42. The summed E-state index contributed by atoms with van der Waals surface area (Å²) in [5, 5.41) is 6.46. The van der Waals surface area contributed by atoms with Gasteiger partial charge in [0.25, 0.3) is 0 Å². The van der Waals surface area contributed by atoms with Crippen LogP contribution in [-0.4, -0.2) is 49.8 Å². The fourth-order valence-corrected chi connectivity index (χ4v) is 3.24. The first-order chi connectivity index (χ1) is 11.2. The van der Waals surface area contributed by atoms with Crippen molar-refractivity contribution in [2.45, 2.75) is 32.4 Å². The highest BCUT2D eigenvalue weighted by Crippen LogP contribution is 2.17. The average Bonchev–Trinajstić information content (AvgIpc) is 2.61. The molecule has 2 N–H and O–H groups in total. The van der Waals surface area contributed by atoms with Crippen LogP contribution in [0.15, 0.2) is 18.3 Å². The van der Waals surface area contributed by atoms with E-state index in [1.807, 2.05) is 12.3 Å². The maximum Gasteiger partial charge on any atom is 0.223 e. The molecular formula is C17H27ClN4O2. The maximum absolute atomic E-state index is 12.3. The summed E-state index contributed by atoms with van der Waals surface area (Å²) in [6.07, 6.45) is 3.66. The zero-order chi connectivity index (χ0) is 16.1. The summed E-state index contributed by atoms with van der Waals surface area (Å²) in [6.45, 7) is 6.86. The molecule has 7 heteroatoms. The minimum atomic E-state index is 0. The number of aromatic nitrogens is 1. The van der Waals surface area contributed by atoms with Crippen LogP contribution in [0.3, 0.4) is 0 Å². The van der Waals surface area contributed by atoms with Gasteiger partial charge in [-0.3, -0.25) is 4.79 Å². The zero-order valence-corrected chi connectivity index (χ0v) is 15.0. The molecule has 0 saturated carbocycles. The molecule has 0 radical (unpaired) electrons. The molecule has 0 bridgehead atoms. The number of carbonyl (C=O) groups excluding carboxylic acids is 1. The van der Waals surface area contributed by atoms with Gasteiger partial charge >= 0.3 is 0 Å². The smallest absolute Gasteiger partial charge is 0.223 e. The summed E-state index contributed by atoms with van der Waals surface area (Å²) in [4.78, 5) is 19.0. The third-order valence-electron chi connectivity index (χ3n) is 4.61. The van der Waals surface area contributed by atoms with E-state index in [1.165, 1.54) is 0 Å². The van der Waals surface area contributed by atoms with Gasteiger partial charge in [0, 0.05) is 37.8 Å². The molecule has 0 spiro atoms. The molecule has 1 amide bonds. The molecule has 2 fully saturated rings. The second-order valence-corrected chi connectivity index (χ2v) is 6.42. The highest BCUT2D eigenvalue weighted by molar-refractivity contribution is 5.85. The van der Waals surface area contributed by atoms with Crippen molar-refractivity contribution in [2.24, 2.45) is 5.92 Å². The van der Waals surface area contributed by atoms with Crippen LogP contribution >= 0.6 is 12.4 Å². The van der Waals surface area contributed by atoms with Gasteiger partial charge in [0.2, 0.25) is 5.91 Å². The molecular weight excluding hydrogens is 328 g/mol. The normalized spacial score (nSPS) is 24.1. The summed E-state index contributed by atoms with van der Waals surface area (Å²) in [6, 6.07) is 4.46. The van der Waals surface area contributed by atoms with Gasteiger partial charge in [-0.25, -0.2) is 4.98 Å². The fraction of sp³-hybridized carbons (Fsp3) is 0.647. The quantitative estimate of drug-likeness (QED) is 0.854. The van der Waals surface area contributed by atoms with Crippen molar-refractivity contribution in [1.29, 1.82) is 0 Å². The number of nitrogens with one attached hydrogen (secondary N) is 2. The largest absolute Gasteiger partial charge is 0.378 e. The maximum atomic E-state index is 12.3. The van der Waals surface area contributed by atoms with E-state index in [0.717, 1.165) is 57.1 Å². The van der Waals surface area contributed by atoms with Gasteiger partial charge in [-0.15, -0.1) is 12.4 Å². The lowest BCUT2D eigenvalue weighted by molar-refractivity contribution is -0.126. The number of rotatable bonds is 4. The standard InChI is InChI=1S/C17H26N4O2.ClH/c1-13-10-15(3-5-18-13)17(22)20-12-14-2-4-19-16(11-14)21-6-8-23-9-7-21;/h2,4,11,13,15,18H,3,5-10,12H2,1H3,(H,20,22);1H/t13-,15-;/m0./s1. The predicted octanol–water partition coefficient (Wildman–Crippen LogP) is 1.34. The van der Waals surface area contributed by atoms with E-state index < -0.39 is 0 Å². The van der Waals surface area contributed by atoms with Gasteiger partial charge in [0.05, 0.1) is 13.2 Å². The van der Waals surface area contributed by atoms with E-state index in [4.69, 9.17) is 4.74 Å². The van der Waals surface area contributed by atoms with E-state index in [9.17, 15) is 4.79 Å². The molecule has 24 heavy (non-hydrogen) atoms. The second kappa shape index (κ2) is 9.20. The molecule has 2 aliphatic rings. The topological polar surface area (TPSA) is 66.5 Å². The highest BCUT2D eigenvalue weighted by Gasteiger charge is 2.24. The molecule has 1 aromatic rings. The Morgan fingerprint density at radius 2 is 2.25 bits per heavy atom. The molecule has 0 aliphatic carbocycles. The summed E-state index contributed by atoms with van der Waals surface area (Å²) < 4.78 is 5.37. The Hall–Kier alpha value is -1.37. The molecule has 134 valence electrons. The molecule has 2 saturated heterocycles. The van der Waals surface area contributed by atoms with Crippen molar-refractivity contribution in [3.63, 3.8) is 0 Å². The van der Waals surface area contributed by atoms with Crippen LogP contribution in [0, 0.1) is 5.92 Å². The first-order valence-electron chi connectivity index (χ1n) is 8.51. The summed E-state index contributed by atoms with van der Waals surface area (Å²) >= 11 is 0. The van der Waals surface area contributed by atoms with Crippen LogP contribution in [0.2, 0.25) is 0 Å². The van der Waals surface area contributed by atoms with Crippen molar-refractivity contribution in [3.8, 4) is 0 Å². The van der Waals surface area contributed by atoms with Crippen LogP contribution in [0.4, 0.5) is 5.82 Å². The Bertz CT molecular complexity index is 537. The molecule has 3 heterocycles. The van der Waals surface area contributed by atoms with E-state index in [2.05, 4.69) is 33.5 Å². The van der Waals surface area contributed by atoms with Crippen molar-refractivity contribution in [1.82, 2.24) is 15.6 Å². The first kappa shape index (κ1) is 19.0. The number of anilines is 1. The Kier molecular flexibility index (Phi) is 7.27. The number of pyridine rings is 1. The van der Waals surface area contributed by atoms with Crippen LogP contribution in [-0.2, 0) is 16.1 Å². The van der Waals surface area contributed by atoms with E-state index in [1.54, 1.807) is 0 Å². The number of halogens is 1. The van der Waals surface area contributed by atoms with Gasteiger partial charge < -0.3 is 20.3 Å². The van der Waals surface area contributed by atoms with Crippen molar-refractivity contribution in [3.05, 3.63) is 23.9 Å².